The van der Waals surface area contributed by atoms with Crippen molar-refractivity contribution in [1.82, 2.24) is 0 Å². The first-order valence-corrected chi connectivity index (χ1v) is 5.23. The predicted molar refractivity (Wildman–Crippen MR) is 63.2 cm³/mol. The van der Waals surface area contributed by atoms with Gasteiger partial charge in [0.15, 0.2) is 0 Å². The van der Waals surface area contributed by atoms with Crippen LogP contribution in [0.5, 0.6) is 0 Å². The first kappa shape index (κ1) is 10.9. The molecule has 0 aliphatic carbocycles. The Kier molecular flexibility index (Phi) is 3.34. The molecule has 0 saturated heterocycles. The van der Waals surface area contributed by atoms with Crippen LogP contribution in [0.4, 0.5) is 0 Å². The highest BCUT2D eigenvalue weighted by molar-refractivity contribution is 5.31. The van der Waals surface area contributed by atoms with Crippen molar-refractivity contribution >= 4 is 0 Å². The summed E-state index contributed by atoms with van der Waals surface area (Å²) < 4.78 is 0. The fourth-order valence-electron chi connectivity index (χ4n) is 1.68. The molecule has 2 nitrogen and oxygen atoms in total. The topological polar surface area (TPSA) is 29.5 Å². The van der Waals surface area contributed by atoms with Crippen LogP contribution in [0.15, 0.2) is 54.6 Å². The van der Waals surface area contributed by atoms with E-state index in [9.17, 15) is 0 Å². The smallest absolute Gasteiger partial charge is 0.143 e. The first-order valence-electron chi connectivity index (χ1n) is 5.23. The highest BCUT2D eigenvalue weighted by atomic mass is 17.1. The van der Waals surface area contributed by atoms with Crippen LogP contribution in [0.2, 0.25) is 0 Å². The van der Waals surface area contributed by atoms with Crippen molar-refractivity contribution in [3.05, 3.63) is 71.3 Å². The molecule has 0 fully saturated rings. The van der Waals surface area contributed by atoms with Crippen LogP contribution in [-0.2, 0) is 4.89 Å². The number of hydrogen-bond donors (Lipinski definition) is 1. The minimum Gasteiger partial charge on any atom is -0.251 e. The molecule has 0 spiro atoms. The van der Waals surface area contributed by atoms with Crippen molar-refractivity contribution in [2.45, 2.75) is 13.0 Å². The average molecular weight is 214 g/mol. The van der Waals surface area contributed by atoms with Gasteiger partial charge < -0.3 is 0 Å². The maximum atomic E-state index is 9.00. The molecule has 0 radical (unpaired) electrons. The monoisotopic (exact) mass is 214 g/mol. The van der Waals surface area contributed by atoms with Crippen LogP contribution < -0.4 is 0 Å². The van der Waals surface area contributed by atoms with E-state index in [-0.39, 0.29) is 0 Å². The Morgan fingerprint density at radius 3 is 2.00 bits per heavy atom. The second-order valence-corrected chi connectivity index (χ2v) is 3.81. The predicted octanol–water partition coefficient (Wildman–Crippen LogP) is 3.57. The zero-order valence-corrected chi connectivity index (χ0v) is 9.13. The van der Waals surface area contributed by atoms with E-state index in [1.54, 1.807) is 0 Å². The molecule has 0 aromatic heterocycles. The molecule has 2 heteroatoms. The molecular weight excluding hydrogens is 200 g/mol. The minimum absolute atomic E-state index is 0.415. The summed E-state index contributed by atoms with van der Waals surface area (Å²) in [6.45, 7) is 2.03. The Hall–Kier alpha value is -1.64. The molecule has 82 valence electrons. The lowest BCUT2D eigenvalue weighted by Gasteiger charge is -2.14. The van der Waals surface area contributed by atoms with E-state index in [1.165, 1.54) is 5.56 Å². The Labute approximate surface area is 95.1 Å². The van der Waals surface area contributed by atoms with E-state index in [2.05, 4.69) is 4.89 Å². The third kappa shape index (κ3) is 2.30. The Morgan fingerprint density at radius 2 is 1.44 bits per heavy atom. The summed E-state index contributed by atoms with van der Waals surface area (Å²) in [6, 6.07) is 17.6. The standard InChI is InChI=1S/C14H14O2/c1-11-7-9-13(10-8-11)14(16-15)12-5-3-2-4-6-12/h2-10,14-15H,1H3. The summed E-state index contributed by atoms with van der Waals surface area (Å²) >= 11 is 0. The van der Waals surface area contributed by atoms with Crippen LogP contribution in [0.25, 0.3) is 0 Å². The van der Waals surface area contributed by atoms with Gasteiger partial charge in [-0.15, -0.1) is 0 Å². The normalized spacial score (nSPS) is 12.4. The number of aryl methyl sites for hydroxylation is 1. The van der Waals surface area contributed by atoms with Gasteiger partial charge in [-0.1, -0.05) is 60.2 Å². The summed E-state index contributed by atoms with van der Waals surface area (Å²) in [5.74, 6) is 0. The second kappa shape index (κ2) is 4.92. The molecule has 2 rings (SSSR count). The van der Waals surface area contributed by atoms with E-state index in [0.29, 0.717) is 0 Å². The maximum absolute atomic E-state index is 9.00. The van der Waals surface area contributed by atoms with E-state index >= 15 is 0 Å². The molecule has 0 aliphatic heterocycles. The lowest BCUT2D eigenvalue weighted by Crippen LogP contribution is -2.03. The Bertz CT molecular complexity index is 434. The van der Waals surface area contributed by atoms with E-state index in [1.807, 2.05) is 61.5 Å². The molecule has 0 saturated carbocycles. The van der Waals surface area contributed by atoms with Crippen LogP contribution in [0.1, 0.15) is 22.8 Å². The van der Waals surface area contributed by atoms with Gasteiger partial charge in [-0.05, 0) is 18.1 Å². The number of benzene rings is 2. The first-order chi connectivity index (χ1) is 7.81. The van der Waals surface area contributed by atoms with Crippen LogP contribution in [0.3, 0.4) is 0 Å². The SMILES string of the molecule is Cc1ccc(C(OO)c2ccccc2)cc1. The summed E-state index contributed by atoms with van der Waals surface area (Å²) in [7, 11) is 0. The number of rotatable bonds is 3. The largest absolute Gasteiger partial charge is 0.251 e. The van der Waals surface area contributed by atoms with Crippen molar-refractivity contribution in [1.29, 1.82) is 0 Å². The van der Waals surface area contributed by atoms with Crippen molar-refractivity contribution in [2.24, 2.45) is 0 Å². The van der Waals surface area contributed by atoms with Gasteiger partial charge in [-0.3, -0.25) is 5.26 Å². The third-order valence-electron chi connectivity index (χ3n) is 2.59. The van der Waals surface area contributed by atoms with Gasteiger partial charge in [-0.2, -0.15) is 0 Å². The molecule has 1 atom stereocenters. The second-order valence-electron chi connectivity index (χ2n) is 3.81. The molecule has 1 N–H and O–H groups in total. The van der Waals surface area contributed by atoms with Crippen LogP contribution in [-0.4, -0.2) is 5.26 Å². The summed E-state index contributed by atoms with van der Waals surface area (Å²) in [6.07, 6.45) is -0.415. The maximum Gasteiger partial charge on any atom is 0.143 e. The minimum atomic E-state index is -0.415. The zero-order chi connectivity index (χ0) is 11.4. The third-order valence-corrected chi connectivity index (χ3v) is 2.59. The van der Waals surface area contributed by atoms with E-state index < -0.39 is 6.10 Å². The van der Waals surface area contributed by atoms with Gasteiger partial charge in [-0.25, -0.2) is 4.89 Å². The van der Waals surface area contributed by atoms with Crippen LogP contribution in [0, 0.1) is 6.92 Å². The molecule has 2 aromatic carbocycles. The van der Waals surface area contributed by atoms with Gasteiger partial charge in [0, 0.05) is 0 Å². The highest BCUT2D eigenvalue weighted by Gasteiger charge is 2.13. The van der Waals surface area contributed by atoms with Crippen molar-refractivity contribution in [3.63, 3.8) is 0 Å². The van der Waals surface area contributed by atoms with Crippen molar-refractivity contribution in [2.75, 3.05) is 0 Å². The Balaban J connectivity index is 2.33. The average Bonchev–Trinajstić information content (AvgIpc) is 2.34. The summed E-state index contributed by atoms with van der Waals surface area (Å²) in [5, 5.41) is 9.00. The van der Waals surface area contributed by atoms with Gasteiger partial charge in [0.2, 0.25) is 0 Å². The molecule has 1 unspecified atom stereocenters. The molecular formula is C14H14O2. The quantitative estimate of drug-likeness (QED) is 0.625. The molecule has 0 amide bonds. The van der Waals surface area contributed by atoms with Crippen LogP contribution >= 0.6 is 0 Å². The molecule has 16 heavy (non-hydrogen) atoms. The Morgan fingerprint density at radius 1 is 0.875 bits per heavy atom. The van der Waals surface area contributed by atoms with Crippen molar-refractivity contribution in [3.8, 4) is 0 Å². The number of hydrogen-bond acceptors (Lipinski definition) is 2. The molecule has 0 aliphatic rings. The fraction of sp³-hybridized carbons (Fsp3) is 0.143. The lowest BCUT2D eigenvalue weighted by molar-refractivity contribution is -0.270. The van der Waals surface area contributed by atoms with E-state index in [4.69, 9.17) is 5.26 Å². The molecule has 2 aromatic rings. The van der Waals surface area contributed by atoms with Gasteiger partial charge >= 0.3 is 0 Å². The molecule has 0 bridgehead atoms. The zero-order valence-electron chi connectivity index (χ0n) is 9.13. The molecule has 0 heterocycles. The van der Waals surface area contributed by atoms with E-state index in [0.717, 1.165) is 11.1 Å². The summed E-state index contributed by atoms with van der Waals surface area (Å²) in [4.78, 5) is 4.56. The van der Waals surface area contributed by atoms with Gasteiger partial charge in [0.05, 0.1) is 0 Å². The van der Waals surface area contributed by atoms with Crippen molar-refractivity contribution < 1.29 is 10.1 Å². The van der Waals surface area contributed by atoms with Gasteiger partial charge in [0.1, 0.15) is 6.10 Å². The lowest BCUT2D eigenvalue weighted by atomic mass is 10.0. The summed E-state index contributed by atoms with van der Waals surface area (Å²) in [5.41, 5.74) is 3.07. The fourth-order valence-corrected chi connectivity index (χ4v) is 1.68. The highest BCUT2D eigenvalue weighted by Crippen LogP contribution is 2.24. The van der Waals surface area contributed by atoms with Gasteiger partial charge in [0.25, 0.3) is 0 Å².